The summed E-state index contributed by atoms with van der Waals surface area (Å²) < 4.78 is 0. The number of carbonyl (C=O) groups is 2. The Labute approximate surface area is 228 Å². The van der Waals surface area contributed by atoms with Crippen LogP contribution in [0.5, 0.6) is 0 Å². The number of pyridine rings is 1. The fraction of sp³-hybridized carbons (Fsp3) is 0.452. The molecular weight excluding hydrogens is 491 g/mol. The fourth-order valence-electron chi connectivity index (χ4n) is 5.71. The third-order valence-electron chi connectivity index (χ3n) is 8.03. The fourth-order valence-corrected chi connectivity index (χ4v) is 5.86. The average molecular weight is 531 g/mol. The lowest BCUT2D eigenvalue weighted by Crippen LogP contribution is -2.41. The molecule has 1 atom stereocenters. The molecule has 2 aromatic carbocycles. The Kier molecular flexibility index (Phi) is 7.46. The summed E-state index contributed by atoms with van der Waals surface area (Å²) in [5, 5.41) is 4.88. The number of aromatic nitrogens is 1. The molecule has 5 rings (SSSR count). The number of amides is 2. The second-order valence-corrected chi connectivity index (χ2v) is 13.0. The predicted molar refractivity (Wildman–Crippen MR) is 159 cm³/mol. The number of fused-ring (bicyclic) bond motifs is 1. The van der Waals surface area contributed by atoms with Crippen LogP contribution in [-0.4, -0.2) is 47.4 Å². The molecule has 0 bridgehead atoms. The van der Waals surface area contributed by atoms with Gasteiger partial charge >= 0.3 is 0 Å². The number of benzene rings is 2. The summed E-state index contributed by atoms with van der Waals surface area (Å²) in [6.45, 7) is 7.18. The van der Waals surface area contributed by atoms with Crippen LogP contribution in [0.25, 0.3) is 10.9 Å². The highest BCUT2D eigenvalue weighted by Crippen LogP contribution is 2.35. The topological polar surface area (TPSA) is 65.5 Å². The van der Waals surface area contributed by atoms with E-state index in [0.29, 0.717) is 18.0 Å². The molecule has 2 aliphatic rings. The van der Waals surface area contributed by atoms with Crippen molar-refractivity contribution in [3.05, 3.63) is 65.4 Å². The summed E-state index contributed by atoms with van der Waals surface area (Å²) >= 11 is 0. The number of rotatable bonds is 6. The van der Waals surface area contributed by atoms with Crippen molar-refractivity contribution in [1.82, 2.24) is 9.88 Å². The molecule has 1 saturated carbocycles. The highest BCUT2D eigenvalue weighted by atomic mass is 31.0. The maximum absolute atomic E-state index is 13.4. The van der Waals surface area contributed by atoms with Gasteiger partial charge in [0.05, 0.1) is 11.2 Å². The van der Waals surface area contributed by atoms with Gasteiger partial charge in [-0.05, 0) is 75.4 Å². The van der Waals surface area contributed by atoms with Gasteiger partial charge in [-0.3, -0.25) is 14.6 Å². The van der Waals surface area contributed by atoms with E-state index in [4.69, 9.17) is 4.98 Å². The number of hydrogen-bond acceptors (Lipinski definition) is 4. The molecule has 1 aromatic heterocycles. The molecule has 3 aromatic rings. The zero-order valence-corrected chi connectivity index (χ0v) is 24.1. The molecular formula is C31H39N4O2P. The summed E-state index contributed by atoms with van der Waals surface area (Å²) in [5.74, 6) is 0.164. The summed E-state index contributed by atoms with van der Waals surface area (Å²) in [4.78, 5) is 34.2. The van der Waals surface area contributed by atoms with Gasteiger partial charge in [-0.2, -0.15) is 0 Å². The SMILES string of the molecule is Cc1ccc2nc(C(C)(C)P)cc(NC3CCC(N(C)C(=O)c4cccc(N5CCCC5=O)c4)CC3)c2c1. The summed E-state index contributed by atoms with van der Waals surface area (Å²) in [7, 11) is 4.82. The molecule has 2 heterocycles. The maximum atomic E-state index is 13.4. The Hall–Kier alpha value is -2.98. The first kappa shape index (κ1) is 26.6. The molecule has 2 fully saturated rings. The van der Waals surface area contributed by atoms with Crippen LogP contribution in [0, 0.1) is 6.92 Å². The Morgan fingerprint density at radius 3 is 2.55 bits per heavy atom. The van der Waals surface area contributed by atoms with Crippen LogP contribution >= 0.6 is 9.24 Å². The van der Waals surface area contributed by atoms with E-state index in [9.17, 15) is 9.59 Å². The molecule has 0 radical (unpaired) electrons. The van der Waals surface area contributed by atoms with E-state index in [0.717, 1.165) is 66.6 Å². The van der Waals surface area contributed by atoms with Gasteiger partial charge in [0.1, 0.15) is 0 Å². The molecule has 38 heavy (non-hydrogen) atoms. The Morgan fingerprint density at radius 1 is 1.11 bits per heavy atom. The normalized spacial score (nSPS) is 20.1. The van der Waals surface area contributed by atoms with E-state index in [-0.39, 0.29) is 23.0 Å². The second kappa shape index (κ2) is 10.6. The standard InChI is InChI=1S/C31H39N4O2P/c1-20-10-15-26-25(17-20)27(19-28(33-26)31(2,3)38)32-22-11-13-23(14-12-22)34(4)30(37)21-7-5-8-24(18-21)35-16-6-9-29(35)36/h5,7-8,10,15,17-19,22-23H,6,9,11-14,16,38H2,1-4H3,(H,32,33). The summed E-state index contributed by atoms with van der Waals surface area (Å²) in [6, 6.07) is 16.7. The Bertz CT molecular complexity index is 1360. The van der Waals surface area contributed by atoms with E-state index in [1.54, 1.807) is 4.90 Å². The number of aryl methyl sites for hydroxylation is 1. The number of nitrogens with zero attached hydrogens (tertiary/aromatic N) is 3. The summed E-state index contributed by atoms with van der Waals surface area (Å²) in [5.41, 5.74) is 5.91. The maximum Gasteiger partial charge on any atom is 0.253 e. The smallest absolute Gasteiger partial charge is 0.253 e. The van der Waals surface area contributed by atoms with E-state index < -0.39 is 0 Å². The Morgan fingerprint density at radius 2 is 1.87 bits per heavy atom. The van der Waals surface area contributed by atoms with Crippen molar-refractivity contribution in [2.24, 2.45) is 0 Å². The largest absolute Gasteiger partial charge is 0.382 e. The lowest BCUT2D eigenvalue weighted by molar-refractivity contribution is -0.117. The highest BCUT2D eigenvalue weighted by molar-refractivity contribution is 7.18. The number of anilines is 2. The van der Waals surface area contributed by atoms with Crippen LogP contribution < -0.4 is 10.2 Å². The van der Waals surface area contributed by atoms with Gasteiger partial charge in [-0.1, -0.05) is 31.5 Å². The average Bonchev–Trinajstić information content (AvgIpc) is 3.33. The molecule has 200 valence electrons. The van der Waals surface area contributed by atoms with Gasteiger partial charge in [0.15, 0.2) is 0 Å². The van der Waals surface area contributed by atoms with Crippen LogP contribution in [0.2, 0.25) is 0 Å². The highest BCUT2D eigenvalue weighted by Gasteiger charge is 2.29. The van der Waals surface area contributed by atoms with Gasteiger partial charge in [0, 0.05) is 59.6 Å². The number of carbonyl (C=O) groups excluding carboxylic acids is 2. The lowest BCUT2D eigenvalue weighted by Gasteiger charge is -2.35. The monoisotopic (exact) mass is 530 g/mol. The molecule has 1 aliphatic carbocycles. The minimum Gasteiger partial charge on any atom is -0.382 e. The first-order chi connectivity index (χ1) is 18.1. The van der Waals surface area contributed by atoms with Crippen molar-refractivity contribution in [1.29, 1.82) is 0 Å². The van der Waals surface area contributed by atoms with E-state index >= 15 is 0 Å². The predicted octanol–water partition coefficient (Wildman–Crippen LogP) is 6.28. The van der Waals surface area contributed by atoms with Crippen molar-refractivity contribution in [3.8, 4) is 0 Å². The van der Waals surface area contributed by atoms with Crippen LogP contribution in [-0.2, 0) is 9.95 Å². The minimum atomic E-state index is -0.115. The minimum absolute atomic E-state index is 0.0258. The van der Waals surface area contributed by atoms with Crippen molar-refractivity contribution in [3.63, 3.8) is 0 Å². The van der Waals surface area contributed by atoms with Crippen molar-refractivity contribution in [2.45, 2.75) is 76.5 Å². The van der Waals surface area contributed by atoms with Crippen LogP contribution in [0.1, 0.15) is 74.0 Å². The molecule has 1 aliphatic heterocycles. The lowest BCUT2D eigenvalue weighted by atomic mass is 9.89. The third-order valence-corrected chi connectivity index (χ3v) is 8.32. The zero-order chi connectivity index (χ0) is 27.0. The second-order valence-electron chi connectivity index (χ2n) is 11.6. The quantitative estimate of drug-likeness (QED) is 0.381. The molecule has 1 unspecified atom stereocenters. The van der Waals surface area contributed by atoms with Crippen LogP contribution in [0.4, 0.5) is 11.4 Å². The van der Waals surface area contributed by atoms with Gasteiger partial charge in [-0.15, -0.1) is 9.24 Å². The Balaban J connectivity index is 1.26. The van der Waals surface area contributed by atoms with Crippen molar-refractivity contribution in [2.75, 3.05) is 23.8 Å². The molecule has 6 nitrogen and oxygen atoms in total. The zero-order valence-electron chi connectivity index (χ0n) is 23.0. The first-order valence-corrected chi connectivity index (χ1v) is 14.3. The van der Waals surface area contributed by atoms with Crippen molar-refractivity contribution < 1.29 is 9.59 Å². The van der Waals surface area contributed by atoms with E-state index in [2.05, 4.69) is 59.6 Å². The van der Waals surface area contributed by atoms with Gasteiger partial charge in [0.2, 0.25) is 5.91 Å². The van der Waals surface area contributed by atoms with Crippen LogP contribution in [0.15, 0.2) is 48.5 Å². The number of nitrogens with one attached hydrogen (secondary N) is 1. The molecule has 7 heteroatoms. The van der Waals surface area contributed by atoms with Gasteiger partial charge in [0.25, 0.3) is 5.91 Å². The molecule has 1 saturated heterocycles. The van der Waals surface area contributed by atoms with Crippen molar-refractivity contribution >= 4 is 43.3 Å². The van der Waals surface area contributed by atoms with Gasteiger partial charge in [-0.25, -0.2) is 0 Å². The van der Waals surface area contributed by atoms with E-state index in [1.165, 1.54) is 5.56 Å². The number of hydrogen-bond donors (Lipinski definition) is 1. The first-order valence-electron chi connectivity index (χ1n) is 13.7. The van der Waals surface area contributed by atoms with Crippen LogP contribution in [0.3, 0.4) is 0 Å². The van der Waals surface area contributed by atoms with Gasteiger partial charge < -0.3 is 15.1 Å². The molecule has 2 amide bonds. The summed E-state index contributed by atoms with van der Waals surface area (Å²) in [6.07, 6.45) is 5.36. The van der Waals surface area contributed by atoms with E-state index in [1.807, 2.05) is 36.2 Å². The third kappa shape index (κ3) is 5.56. The molecule has 0 spiro atoms. The molecule has 1 N–H and O–H groups in total.